The molecule has 21 heavy (non-hydrogen) atoms. The van der Waals surface area contributed by atoms with E-state index in [1.54, 1.807) is 11.3 Å². The summed E-state index contributed by atoms with van der Waals surface area (Å²) in [6.45, 7) is 2.86. The number of amides is 2. The van der Waals surface area contributed by atoms with Crippen LogP contribution in [-0.4, -0.2) is 12.6 Å². The molecule has 0 aliphatic heterocycles. The van der Waals surface area contributed by atoms with E-state index >= 15 is 0 Å². The van der Waals surface area contributed by atoms with Gasteiger partial charge in [-0.15, -0.1) is 11.3 Å². The molecule has 0 radical (unpaired) electrons. The summed E-state index contributed by atoms with van der Waals surface area (Å²) in [7, 11) is 0. The minimum absolute atomic E-state index is 0.0789. The first-order chi connectivity index (χ1) is 10.2. The maximum Gasteiger partial charge on any atom is 0.315 e. The molecule has 1 saturated carbocycles. The molecule has 4 heteroatoms. The minimum atomic E-state index is -0.0825. The average Bonchev–Trinajstić information content (AvgIpc) is 3.16. The largest absolute Gasteiger partial charge is 0.338 e. The van der Waals surface area contributed by atoms with E-state index in [0.29, 0.717) is 5.92 Å². The Bertz CT molecular complexity index is 588. The van der Waals surface area contributed by atoms with E-state index < -0.39 is 0 Å². The number of urea groups is 1. The van der Waals surface area contributed by atoms with Crippen molar-refractivity contribution < 1.29 is 4.79 Å². The van der Waals surface area contributed by atoms with Crippen LogP contribution in [0, 0.1) is 12.8 Å². The van der Waals surface area contributed by atoms with Gasteiger partial charge in [0.15, 0.2) is 0 Å². The summed E-state index contributed by atoms with van der Waals surface area (Å²) in [6.07, 6.45) is 2.49. The van der Waals surface area contributed by atoms with Gasteiger partial charge in [0.1, 0.15) is 0 Å². The molecule has 3 rings (SSSR count). The Kier molecular flexibility index (Phi) is 4.25. The van der Waals surface area contributed by atoms with Crippen molar-refractivity contribution in [3.05, 3.63) is 57.8 Å². The first kappa shape index (κ1) is 14.1. The van der Waals surface area contributed by atoms with Crippen molar-refractivity contribution in [3.63, 3.8) is 0 Å². The second-order valence-electron chi connectivity index (χ2n) is 5.66. The Hall–Kier alpha value is -1.81. The summed E-state index contributed by atoms with van der Waals surface area (Å²) >= 11 is 1.67. The molecule has 1 heterocycles. The standard InChI is InChI=1S/C17H20N2OS/c1-12-4-8-14(9-5-12)16(15-3-2-10-21-15)19-17(20)18-11-13-6-7-13/h2-5,8-10,13,16H,6-7,11H2,1H3,(H2,18,19,20). The Morgan fingerprint density at radius 1 is 1.29 bits per heavy atom. The Morgan fingerprint density at radius 2 is 2.05 bits per heavy atom. The van der Waals surface area contributed by atoms with Crippen LogP contribution in [0.1, 0.15) is 34.9 Å². The van der Waals surface area contributed by atoms with Crippen LogP contribution in [-0.2, 0) is 0 Å². The first-order valence-electron chi connectivity index (χ1n) is 7.36. The van der Waals surface area contributed by atoms with Crippen molar-refractivity contribution in [2.75, 3.05) is 6.54 Å². The minimum Gasteiger partial charge on any atom is -0.338 e. The van der Waals surface area contributed by atoms with Crippen molar-refractivity contribution in [3.8, 4) is 0 Å². The quantitative estimate of drug-likeness (QED) is 0.865. The number of hydrogen-bond acceptors (Lipinski definition) is 2. The topological polar surface area (TPSA) is 41.1 Å². The lowest BCUT2D eigenvalue weighted by atomic mass is 10.0. The van der Waals surface area contributed by atoms with E-state index in [2.05, 4.69) is 47.9 Å². The van der Waals surface area contributed by atoms with Gasteiger partial charge < -0.3 is 10.6 Å². The number of aryl methyl sites for hydroxylation is 1. The van der Waals surface area contributed by atoms with Crippen LogP contribution in [0.15, 0.2) is 41.8 Å². The van der Waals surface area contributed by atoms with E-state index in [-0.39, 0.29) is 12.1 Å². The maximum atomic E-state index is 12.1. The molecule has 1 aliphatic carbocycles. The molecule has 2 N–H and O–H groups in total. The number of benzene rings is 1. The predicted octanol–water partition coefficient (Wildman–Crippen LogP) is 3.86. The zero-order valence-corrected chi connectivity index (χ0v) is 13.0. The van der Waals surface area contributed by atoms with Crippen molar-refractivity contribution in [1.82, 2.24) is 10.6 Å². The van der Waals surface area contributed by atoms with E-state index in [1.807, 2.05) is 11.4 Å². The van der Waals surface area contributed by atoms with Crippen LogP contribution >= 0.6 is 11.3 Å². The average molecular weight is 300 g/mol. The second kappa shape index (κ2) is 6.31. The Balaban J connectivity index is 1.72. The highest BCUT2D eigenvalue weighted by molar-refractivity contribution is 7.10. The molecule has 1 aromatic heterocycles. The highest BCUT2D eigenvalue weighted by Gasteiger charge is 2.23. The molecule has 0 spiro atoms. The molecule has 1 unspecified atom stereocenters. The molecular weight excluding hydrogens is 280 g/mol. The van der Waals surface area contributed by atoms with Crippen LogP contribution in [0.25, 0.3) is 0 Å². The fraction of sp³-hybridized carbons (Fsp3) is 0.353. The summed E-state index contributed by atoms with van der Waals surface area (Å²) in [4.78, 5) is 13.3. The van der Waals surface area contributed by atoms with Gasteiger partial charge >= 0.3 is 6.03 Å². The van der Waals surface area contributed by atoms with Crippen LogP contribution in [0.3, 0.4) is 0 Å². The zero-order chi connectivity index (χ0) is 14.7. The number of carbonyl (C=O) groups is 1. The van der Waals surface area contributed by atoms with E-state index in [1.165, 1.54) is 18.4 Å². The number of rotatable bonds is 5. The third-order valence-electron chi connectivity index (χ3n) is 3.76. The summed E-state index contributed by atoms with van der Waals surface area (Å²) in [5.41, 5.74) is 2.34. The third kappa shape index (κ3) is 3.85. The normalized spacial score (nSPS) is 15.5. The van der Waals surface area contributed by atoms with Gasteiger partial charge in [-0.2, -0.15) is 0 Å². The van der Waals surface area contributed by atoms with Gasteiger partial charge in [0.05, 0.1) is 6.04 Å². The molecule has 1 aliphatic rings. The van der Waals surface area contributed by atoms with Crippen molar-refractivity contribution in [1.29, 1.82) is 0 Å². The molecule has 0 saturated heterocycles. The van der Waals surface area contributed by atoms with Gasteiger partial charge in [0, 0.05) is 11.4 Å². The van der Waals surface area contributed by atoms with E-state index in [0.717, 1.165) is 17.0 Å². The highest BCUT2D eigenvalue weighted by atomic mass is 32.1. The summed E-state index contributed by atoms with van der Waals surface area (Å²) in [5.74, 6) is 0.690. The Morgan fingerprint density at radius 3 is 2.67 bits per heavy atom. The monoisotopic (exact) mass is 300 g/mol. The van der Waals surface area contributed by atoms with Crippen molar-refractivity contribution in [2.45, 2.75) is 25.8 Å². The van der Waals surface area contributed by atoms with Crippen molar-refractivity contribution >= 4 is 17.4 Å². The van der Waals surface area contributed by atoms with Crippen LogP contribution in [0.4, 0.5) is 4.79 Å². The molecular formula is C17H20N2OS. The van der Waals surface area contributed by atoms with Gasteiger partial charge in [-0.05, 0) is 42.7 Å². The molecule has 2 aromatic rings. The molecule has 0 bridgehead atoms. The highest BCUT2D eigenvalue weighted by Crippen LogP contribution is 2.28. The second-order valence-corrected chi connectivity index (χ2v) is 6.64. The van der Waals surface area contributed by atoms with Crippen LogP contribution in [0.5, 0.6) is 0 Å². The molecule has 110 valence electrons. The molecule has 1 atom stereocenters. The van der Waals surface area contributed by atoms with E-state index in [4.69, 9.17) is 0 Å². The Labute approximate surface area is 129 Å². The zero-order valence-electron chi connectivity index (χ0n) is 12.1. The van der Waals surface area contributed by atoms with Gasteiger partial charge in [-0.1, -0.05) is 35.9 Å². The van der Waals surface area contributed by atoms with Crippen molar-refractivity contribution in [2.24, 2.45) is 5.92 Å². The number of carbonyl (C=O) groups excluding carboxylic acids is 1. The maximum absolute atomic E-state index is 12.1. The lowest BCUT2D eigenvalue weighted by molar-refractivity contribution is 0.238. The number of thiophene rings is 1. The fourth-order valence-corrected chi connectivity index (χ4v) is 3.08. The summed E-state index contributed by atoms with van der Waals surface area (Å²) < 4.78 is 0. The lowest BCUT2D eigenvalue weighted by Gasteiger charge is -2.18. The SMILES string of the molecule is Cc1ccc(C(NC(=O)NCC2CC2)c2cccs2)cc1. The molecule has 2 amide bonds. The van der Waals surface area contributed by atoms with Crippen LogP contribution < -0.4 is 10.6 Å². The van der Waals surface area contributed by atoms with Gasteiger partial charge in [0.25, 0.3) is 0 Å². The summed E-state index contributed by atoms with van der Waals surface area (Å²) in [5, 5.41) is 8.11. The molecule has 3 nitrogen and oxygen atoms in total. The van der Waals surface area contributed by atoms with Gasteiger partial charge in [-0.25, -0.2) is 4.79 Å². The molecule has 1 aromatic carbocycles. The lowest BCUT2D eigenvalue weighted by Crippen LogP contribution is -2.39. The van der Waals surface area contributed by atoms with Gasteiger partial charge in [0.2, 0.25) is 0 Å². The fourth-order valence-electron chi connectivity index (χ4n) is 2.27. The third-order valence-corrected chi connectivity index (χ3v) is 4.70. The predicted molar refractivity (Wildman–Crippen MR) is 86.6 cm³/mol. The molecule has 1 fully saturated rings. The van der Waals surface area contributed by atoms with Gasteiger partial charge in [-0.3, -0.25) is 0 Å². The van der Waals surface area contributed by atoms with E-state index in [9.17, 15) is 4.79 Å². The summed E-state index contributed by atoms with van der Waals surface area (Å²) in [6, 6.07) is 12.3. The number of nitrogens with one attached hydrogen (secondary N) is 2. The first-order valence-corrected chi connectivity index (χ1v) is 8.24. The van der Waals surface area contributed by atoms with Crippen LogP contribution in [0.2, 0.25) is 0 Å². The smallest absolute Gasteiger partial charge is 0.315 e. The number of hydrogen-bond donors (Lipinski definition) is 2.